The van der Waals surface area contributed by atoms with Crippen molar-refractivity contribution >= 4 is 16.7 Å². The van der Waals surface area contributed by atoms with Crippen molar-refractivity contribution < 1.29 is 19.3 Å². The van der Waals surface area contributed by atoms with E-state index in [4.69, 9.17) is 4.74 Å². The zero-order valence-electron chi connectivity index (χ0n) is 18.5. The van der Waals surface area contributed by atoms with Gasteiger partial charge < -0.3 is 19.9 Å². The molecule has 0 spiro atoms. The number of fused-ring (bicyclic) bond motifs is 1. The van der Waals surface area contributed by atoms with Crippen molar-refractivity contribution in [1.82, 2.24) is 5.32 Å². The van der Waals surface area contributed by atoms with Crippen LogP contribution in [0.5, 0.6) is 5.75 Å². The van der Waals surface area contributed by atoms with Gasteiger partial charge in [-0.25, -0.2) is 0 Å². The van der Waals surface area contributed by atoms with Gasteiger partial charge in [0, 0.05) is 5.56 Å². The molecule has 1 atom stereocenters. The third kappa shape index (κ3) is 5.63. The van der Waals surface area contributed by atoms with Gasteiger partial charge >= 0.3 is 0 Å². The molecule has 5 nitrogen and oxygen atoms in total. The Morgan fingerprint density at radius 1 is 0.968 bits per heavy atom. The summed E-state index contributed by atoms with van der Waals surface area (Å²) >= 11 is 0. The van der Waals surface area contributed by atoms with Crippen LogP contribution in [0.2, 0.25) is 0 Å². The number of carbonyl (C=O) groups is 1. The average Bonchev–Trinajstić information content (AvgIpc) is 2.80. The van der Waals surface area contributed by atoms with Crippen LogP contribution in [0.25, 0.3) is 10.8 Å². The van der Waals surface area contributed by atoms with E-state index in [1.54, 1.807) is 9.80 Å². The van der Waals surface area contributed by atoms with Crippen molar-refractivity contribution in [1.29, 1.82) is 0 Å². The third-order valence-corrected chi connectivity index (χ3v) is 6.31. The quantitative estimate of drug-likeness (QED) is 0.531. The lowest BCUT2D eigenvalue weighted by atomic mass is 10.0. The number of aryl methyl sites for hydroxylation is 1. The number of nitrogens with one attached hydrogen (secondary N) is 3. The second-order valence-corrected chi connectivity index (χ2v) is 8.68. The van der Waals surface area contributed by atoms with Gasteiger partial charge in [0.05, 0.1) is 13.6 Å². The molecule has 0 radical (unpaired) electrons. The molecule has 3 N–H and O–H groups in total. The number of likely N-dealkylation sites (N-methyl/N-ethyl adjacent to an activating group) is 1. The molecule has 0 unspecified atom stereocenters. The van der Waals surface area contributed by atoms with E-state index in [0.717, 1.165) is 42.7 Å². The molecule has 31 heavy (non-hydrogen) atoms. The maximum absolute atomic E-state index is 12.6. The first kappa shape index (κ1) is 21.3. The summed E-state index contributed by atoms with van der Waals surface area (Å²) in [5.41, 5.74) is 2.55. The Hall–Kier alpha value is -2.89. The molecule has 3 aromatic carbocycles. The maximum Gasteiger partial charge on any atom is 0.258 e. The number of amides is 1. The van der Waals surface area contributed by atoms with Gasteiger partial charge in [-0.3, -0.25) is 4.79 Å². The van der Waals surface area contributed by atoms with Crippen molar-refractivity contribution in [2.24, 2.45) is 0 Å². The van der Waals surface area contributed by atoms with Crippen molar-refractivity contribution in [2.45, 2.75) is 13.0 Å². The largest absolute Gasteiger partial charge is 0.484 e. The molecule has 5 heteroatoms. The molecular formula is C26H33N3O2+2. The van der Waals surface area contributed by atoms with Crippen LogP contribution in [0.4, 0.5) is 0 Å². The minimum Gasteiger partial charge on any atom is -0.484 e. The van der Waals surface area contributed by atoms with Crippen molar-refractivity contribution in [3.05, 3.63) is 77.9 Å². The zero-order valence-corrected chi connectivity index (χ0v) is 18.5. The Morgan fingerprint density at radius 2 is 1.68 bits per heavy atom. The van der Waals surface area contributed by atoms with Crippen LogP contribution in [-0.2, 0) is 4.79 Å². The lowest BCUT2D eigenvalue weighted by Crippen LogP contribution is -3.27. The van der Waals surface area contributed by atoms with E-state index in [1.165, 1.54) is 11.1 Å². The SMILES string of the molecule is Cc1ccc([C@@H](CNC(=O)COc2ccc3ccccc3c2)[NH+]2CC[NH+](C)CC2)cc1. The number of quaternary nitrogens is 2. The first-order valence-electron chi connectivity index (χ1n) is 11.2. The van der Waals surface area contributed by atoms with E-state index in [0.29, 0.717) is 6.54 Å². The normalized spacial score (nSPS) is 19.7. The molecule has 4 rings (SSSR count). The van der Waals surface area contributed by atoms with Crippen LogP contribution < -0.4 is 19.9 Å². The minimum absolute atomic E-state index is 0.0289. The Morgan fingerprint density at radius 3 is 2.42 bits per heavy atom. The van der Waals surface area contributed by atoms with Gasteiger partial charge in [0.15, 0.2) is 6.61 Å². The summed E-state index contributed by atoms with van der Waals surface area (Å²) in [7, 11) is 2.25. The number of hydrogen-bond donors (Lipinski definition) is 3. The van der Waals surface area contributed by atoms with Gasteiger partial charge in [-0.05, 0) is 29.8 Å². The maximum atomic E-state index is 12.6. The van der Waals surface area contributed by atoms with Crippen LogP contribution in [0.3, 0.4) is 0 Å². The Labute approximate surface area is 184 Å². The lowest BCUT2D eigenvalue weighted by molar-refractivity contribution is -1.02. The predicted molar refractivity (Wildman–Crippen MR) is 124 cm³/mol. The summed E-state index contributed by atoms with van der Waals surface area (Å²) in [6.45, 7) is 7.32. The first-order valence-corrected chi connectivity index (χ1v) is 11.2. The number of ether oxygens (including phenoxy) is 1. The second-order valence-electron chi connectivity index (χ2n) is 8.68. The summed E-state index contributed by atoms with van der Waals surface area (Å²) in [6, 6.07) is 23.1. The third-order valence-electron chi connectivity index (χ3n) is 6.31. The molecule has 0 bridgehead atoms. The topological polar surface area (TPSA) is 47.2 Å². The predicted octanol–water partition coefficient (Wildman–Crippen LogP) is 0.798. The van der Waals surface area contributed by atoms with Crippen molar-refractivity contribution in [3.8, 4) is 5.75 Å². The number of carbonyl (C=O) groups excluding carboxylic acids is 1. The smallest absolute Gasteiger partial charge is 0.258 e. The molecule has 1 saturated heterocycles. The molecule has 3 aromatic rings. The highest BCUT2D eigenvalue weighted by molar-refractivity contribution is 5.84. The molecule has 1 amide bonds. The van der Waals surface area contributed by atoms with E-state index in [-0.39, 0.29) is 18.6 Å². The summed E-state index contributed by atoms with van der Waals surface area (Å²) < 4.78 is 5.77. The van der Waals surface area contributed by atoms with Crippen LogP contribution in [0.15, 0.2) is 66.7 Å². The highest BCUT2D eigenvalue weighted by Gasteiger charge is 2.29. The fourth-order valence-electron chi connectivity index (χ4n) is 4.32. The molecule has 0 aliphatic carbocycles. The standard InChI is InChI=1S/C26H31N3O2/c1-20-7-9-22(10-8-20)25(29-15-13-28(2)14-16-29)18-27-26(30)19-31-24-12-11-21-5-3-4-6-23(21)17-24/h3-12,17,25H,13-16,18-19H2,1-2H3,(H,27,30)/p+2/t25-/m1/s1. The van der Waals surface area contributed by atoms with Gasteiger partial charge in [0.25, 0.3) is 5.91 Å². The monoisotopic (exact) mass is 419 g/mol. The van der Waals surface area contributed by atoms with Gasteiger partial charge in [0.2, 0.25) is 0 Å². The lowest BCUT2D eigenvalue weighted by Gasteiger charge is -2.33. The molecular weight excluding hydrogens is 386 g/mol. The molecule has 1 heterocycles. The van der Waals surface area contributed by atoms with E-state index in [9.17, 15) is 4.79 Å². The van der Waals surface area contributed by atoms with Gasteiger partial charge in [-0.1, -0.05) is 60.2 Å². The van der Waals surface area contributed by atoms with E-state index in [1.807, 2.05) is 30.3 Å². The molecule has 1 fully saturated rings. The van der Waals surface area contributed by atoms with E-state index >= 15 is 0 Å². The van der Waals surface area contributed by atoms with Crippen LogP contribution >= 0.6 is 0 Å². The van der Waals surface area contributed by atoms with Crippen LogP contribution in [-0.4, -0.2) is 52.3 Å². The number of hydrogen-bond acceptors (Lipinski definition) is 2. The summed E-state index contributed by atoms with van der Waals surface area (Å²) in [4.78, 5) is 15.7. The molecule has 0 aromatic heterocycles. The number of benzene rings is 3. The average molecular weight is 420 g/mol. The molecule has 1 aliphatic heterocycles. The molecule has 0 saturated carbocycles. The Kier molecular flexibility index (Phi) is 6.85. The minimum atomic E-state index is -0.0792. The molecule has 1 aliphatic rings. The van der Waals surface area contributed by atoms with Crippen LogP contribution in [0.1, 0.15) is 17.2 Å². The van der Waals surface area contributed by atoms with Crippen molar-refractivity contribution in [2.75, 3.05) is 46.4 Å². The second kappa shape index (κ2) is 9.94. The first-order chi connectivity index (χ1) is 15.1. The number of rotatable bonds is 7. The summed E-state index contributed by atoms with van der Waals surface area (Å²) in [5, 5.41) is 5.40. The van der Waals surface area contributed by atoms with E-state index < -0.39 is 0 Å². The zero-order chi connectivity index (χ0) is 21.6. The highest BCUT2D eigenvalue weighted by atomic mass is 16.5. The summed E-state index contributed by atoms with van der Waals surface area (Å²) in [6.07, 6.45) is 0. The summed E-state index contributed by atoms with van der Waals surface area (Å²) in [5.74, 6) is 0.640. The van der Waals surface area contributed by atoms with Gasteiger partial charge in [-0.2, -0.15) is 0 Å². The highest BCUT2D eigenvalue weighted by Crippen LogP contribution is 2.20. The Balaban J connectivity index is 1.36. The fraction of sp³-hybridized carbons (Fsp3) is 0.346. The fourth-order valence-corrected chi connectivity index (χ4v) is 4.32. The van der Waals surface area contributed by atoms with Gasteiger partial charge in [-0.15, -0.1) is 0 Å². The van der Waals surface area contributed by atoms with Crippen molar-refractivity contribution in [3.63, 3.8) is 0 Å². The van der Waals surface area contributed by atoms with Gasteiger partial charge in [0.1, 0.15) is 38.0 Å². The van der Waals surface area contributed by atoms with E-state index in [2.05, 4.69) is 55.7 Å². The molecule has 162 valence electrons. The number of piperazine rings is 1. The Bertz CT molecular complexity index is 1010. The van der Waals surface area contributed by atoms with Crippen LogP contribution in [0, 0.1) is 6.92 Å².